The van der Waals surface area contributed by atoms with Crippen LogP contribution in [-0.2, 0) is 4.79 Å². The van der Waals surface area contributed by atoms with Gasteiger partial charge in [0.1, 0.15) is 17.9 Å². The number of carbonyl (C=O) groups is 1. The van der Waals surface area contributed by atoms with Gasteiger partial charge < -0.3 is 9.84 Å². The second kappa shape index (κ2) is 6.66. The molecule has 0 radical (unpaired) electrons. The van der Waals surface area contributed by atoms with Gasteiger partial charge in [-0.15, -0.1) is 0 Å². The van der Waals surface area contributed by atoms with Crippen LogP contribution in [0.15, 0.2) is 18.2 Å². The zero-order chi connectivity index (χ0) is 14.7. The normalized spacial score (nSPS) is 20.9. The second-order valence-electron chi connectivity index (χ2n) is 4.86. The fraction of sp³-hybridized carbons (Fsp3) is 0.500. The molecule has 0 unspecified atom stereocenters. The van der Waals surface area contributed by atoms with E-state index in [-0.39, 0.29) is 6.10 Å². The van der Waals surface area contributed by atoms with Crippen LogP contribution in [0.2, 0.25) is 10.0 Å². The predicted molar refractivity (Wildman–Crippen MR) is 78.8 cm³/mol. The highest BCUT2D eigenvalue weighted by molar-refractivity contribution is 6.42. The van der Waals surface area contributed by atoms with E-state index in [4.69, 9.17) is 33.0 Å². The van der Waals surface area contributed by atoms with Crippen molar-refractivity contribution < 1.29 is 14.6 Å². The molecule has 1 heterocycles. The molecule has 6 heteroatoms. The SMILES string of the molecule is CC[C@@H](C(=O)O)N1CC[C@@H](Oc2ccc(Cl)c(Cl)c2)C1. The summed E-state index contributed by atoms with van der Waals surface area (Å²) in [5, 5.41) is 10.1. The van der Waals surface area contributed by atoms with E-state index in [1.807, 2.05) is 11.8 Å². The summed E-state index contributed by atoms with van der Waals surface area (Å²) in [5.41, 5.74) is 0. The Balaban J connectivity index is 1.96. The Kier molecular flexibility index (Phi) is 5.13. The maximum atomic E-state index is 11.2. The number of aliphatic carboxylic acids is 1. The lowest BCUT2D eigenvalue weighted by Crippen LogP contribution is -2.40. The number of hydrogen-bond donors (Lipinski definition) is 1. The van der Waals surface area contributed by atoms with Crippen molar-refractivity contribution in [2.75, 3.05) is 13.1 Å². The van der Waals surface area contributed by atoms with E-state index in [9.17, 15) is 4.79 Å². The molecular formula is C14H17Cl2NO3. The third-order valence-electron chi connectivity index (χ3n) is 3.48. The van der Waals surface area contributed by atoms with Crippen LogP contribution in [0.1, 0.15) is 19.8 Å². The molecule has 1 saturated heterocycles. The summed E-state index contributed by atoms with van der Waals surface area (Å²) in [6, 6.07) is 4.71. The molecule has 4 nitrogen and oxygen atoms in total. The average molecular weight is 318 g/mol. The third kappa shape index (κ3) is 3.57. The van der Waals surface area contributed by atoms with Crippen molar-refractivity contribution in [3.8, 4) is 5.75 Å². The van der Waals surface area contributed by atoms with Crippen molar-refractivity contribution in [3.05, 3.63) is 28.2 Å². The third-order valence-corrected chi connectivity index (χ3v) is 4.22. The van der Waals surface area contributed by atoms with Crippen LogP contribution in [0.3, 0.4) is 0 Å². The Labute approximate surface area is 128 Å². The molecule has 0 saturated carbocycles. The van der Waals surface area contributed by atoms with Crippen LogP contribution in [0.25, 0.3) is 0 Å². The summed E-state index contributed by atoms with van der Waals surface area (Å²) in [6.45, 7) is 3.23. The first-order valence-electron chi connectivity index (χ1n) is 6.59. The van der Waals surface area contributed by atoms with E-state index in [1.165, 1.54) is 0 Å². The molecule has 2 rings (SSSR count). The van der Waals surface area contributed by atoms with Gasteiger partial charge in [0.15, 0.2) is 0 Å². The first kappa shape index (κ1) is 15.4. The van der Waals surface area contributed by atoms with Gasteiger partial charge in [0, 0.05) is 19.2 Å². The summed E-state index contributed by atoms with van der Waals surface area (Å²) in [5.74, 6) is -0.114. The fourth-order valence-electron chi connectivity index (χ4n) is 2.46. The Hall–Kier alpha value is -0.970. The molecule has 1 N–H and O–H groups in total. The zero-order valence-corrected chi connectivity index (χ0v) is 12.7. The minimum atomic E-state index is -0.775. The van der Waals surface area contributed by atoms with Gasteiger partial charge in [0.2, 0.25) is 0 Å². The maximum Gasteiger partial charge on any atom is 0.320 e. The van der Waals surface area contributed by atoms with Crippen LogP contribution in [0.4, 0.5) is 0 Å². The molecule has 2 atom stereocenters. The molecule has 1 aromatic rings. The van der Waals surface area contributed by atoms with Crippen molar-refractivity contribution in [2.24, 2.45) is 0 Å². The van der Waals surface area contributed by atoms with E-state index in [1.54, 1.807) is 18.2 Å². The predicted octanol–water partition coefficient (Wildman–Crippen LogP) is 3.31. The van der Waals surface area contributed by atoms with Gasteiger partial charge in [-0.2, -0.15) is 0 Å². The summed E-state index contributed by atoms with van der Waals surface area (Å²) in [6.07, 6.45) is 1.39. The first-order valence-corrected chi connectivity index (χ1v) is 7.35. The number of likely N-dealkylation sites (tertiary alicyclic amines) is 1. The Morgan fingerprint density at radius 2 is 2.25 bits per heavy atom. The second-order valence-corrected chi connectivity index (χ2v) is 5.68. The quantitative estimate of drug-likeness (QED) is 0.905. The topological polar surface area (TPSA) is 49.8 Å². The van der Waals surface area contributed by atoms with Crippen LogP contribution in [-0.4, -0.2) is 41.2 Å². The highest BCUT2D eigenvalue weighted by atomic mass is 35.5. The highest BCUT2D eigenvalue weighted by Crippen LogP contribution is 2.28. The molecular weight excluding hydrogens is 301 g/mol. The van der Waals surface area contributed by atoms with E-state index >= 15 is 0 Å². The number of ether oxygens (including phenoxy) is 1. The number of rotatable bonds is 5. The van der Waals surface area contributed by atoms with Crippen molar-refractivity contribution in [1.82, 2.24) is 4.90 Å². The Morgan fingerprint density at radius 3 is 2.85 bits per heavy atom. The van der Waals surface area contributed by atoms with Gasteiger partial charge in [-0.1, -0.05) is 30.1 Å². The molecule has 110 valence electrons. The molecule has 1 aliphatic rings. The van der Waals surface area contributed by atoms with Gasteiger partial charge in [-0.05, 0) is 25.0 Å². The highest BCUT2D eigenvalue weighted by Gasteiger charge is 2.32. The smallest absolute Gasteiger partial charge is 0.320 e. The summed E-state index contributed by atoms with van der Waals surface area (Å²) < 4.78 is 5.84. The number of nitrogens with zero attached hydrogens (tertiary/aromatic N) is 1. The van der Waals surface area contributed by atoms with E-state index < -0.39 is 12.0 Å². The van der Waals surface area contributed by atoms with Crippen LogP contribution in [0, 0.1) is 0 Å². The molecule has 1 aromatic carbocycles. The molecule has 0 aliphatic carbocycles. The Bertz CT molecular complexity index is 495. The fourth-order valence-corrected chi connectivity index (χ4v) is 2.75. The zero-order valence-electron chi connectivity index (χ0n) is 11.2. The lowest BCUT2D eigenvalue weighted by atomic mass is 10.2. The maximum absolute atomic E-state index is 11.2. The number of carboxylic acids is 1. The summed E-state index contributed by atoms with van der Waals surface area (Å²) in [4.78, 5) is 13.1. The number of benzene rings is 1. The minimum Gasteiger partial charge on any atom is -0.489 e. The van der Waals surface area contributed by atoms with Gasteiger partial charge in [0.25, 0.3) is 0 Å². The van der Waals surface area contributed by atoms with Gasteiger partial charge in [-0.3, -0.25) is 9.69 Å². The van der Waals surface area contributed by atoms with Crippen molar-refractivity contribution in [2.45, 2.75) is 31.9 Å². The molecule has 1 fully saturated rings. The van der Waals surface area contributed by atoms with Gasteiger partial charge >= 0.3 is 5.97 Å². The van der Waals surface area contributed by atoms with Crippen LogP contribution >= 0.6 is 23.2 Å². The summed E-state index contributed by atoms with van der Waals surface area (Å²) in [7, 11) is 0. The lowest BCUT2D eigenvalue weighted by Gasteiger charge is -2.22. The van der Waals surface area contributed by atoms with Gasteiger partial charge in [0.05, 0.1) is 10.0 Å². The molecule has 0 spiro atoms. The van der Waals surface area contributed by atoms with Crippen LogP contribution < -0.4 is 4.74 Å². The van der Waals surface area contributed by atoms with E-state index in [2.05, 4.69) is 0 Å². The standard InChI is InChI=1S/C14H17Cl2NO3/c1-2-13(14(18)19)17-6-5-10(8-17)20-9-3-4-11(15)12(16)7-9/h3-4,7,10,13H,2,5-6,8H2,1H3,(H,18,19)/t10-,13+/m1/s1. The monoisotopic (exact) mass is 317 g/mol. The molecule has 0 amide bonds. The molecule has 0 bridgehead atoms. The molecule has 20 heavy (non-hydrogen) atoms. The van der Waals surface area contributed by atoms with Gasteiger partial charge in [-0.25, -0.2) is 0 Å². The minimum absolute atomic E-state index is 0.0133. The largest absolute Gasteiger partial charge is 0.489 e. The lowest BCUT2D eigenvalue weighted by molar-refractivity contribution is -0.143. The number of hydrogen-bond acceptors (Lipinski definition) is 3. The van der Waals surface area contributed by atoms with E-state index in [0.717, 1.165) is 13.0 Å². The van der Waals surface area contributed by atoms with Crippen molar-refractivity contribution >= 4 is 29.2 Å². The van der Waals surface area contributed by atoms with Crippen LogP contribution in [0.5, 0.6) is 5.75 Å². The van der Waals surface area contributed by atoms with Crippen molar-refractivity contribution in [1.29, 1.82) is 0 Å². The molecule has 1 aliphatic heterocycles. The van der Waals surface area contributed by atoms with Crippen molar-refractivity contribution in [3.63, 3.8) is 0 Å². The Morgan fingerprint density at radius 1 is 1.50 bits per heavy atom. The number of carboxylic acid groups (broad SMARTS) is 1. The molecule has 0 aromatic heterocycles. The average Bonchev–Trinajstić information content (AvgIpc) is 2.82. The summed E-state index contributed by atoms with van der Waals surface area (Å²) >= 11 is 11.8. The number of halogens is 2. The first-order chi connectivity index (χ1) is 9.51. The van der Waals surface area contributed by atoms with E-state index in [0.29, 0.717) is 28.8 Å².